The molecule has 5 amide bonds. The van der Waals surface area contributed by atoms with Gasteiger partial charge in [-0.2, -0.15) is 5.01 Å². The van der Waals surface area contributed by atoms with Crippen LogP contribution in [0.3, 0.4) is 0 Å². The predicted molar refractivity (Wildman–Crippen MR) is 124 cm³/mol. The van der Waals surface area contributed by atoms with Crippen molar-refractivity contribution in [2.24, 2.45) is 5.92 Å². The molecule has 0 saturated carbocycles. The molecule has 0 unspecified atom stereocenters. The average molecular weight is 485 g/mol. The van der Waals surface area contributed by atoms with Crippen molar-refractivity contribution in [2.45, 2.75) is 25.3 Å². The lowest BCUT2D eigenvalue weighted by Gasteiger charge is -2.32. The van der Waals surface area contributed by atoms with E-state index >= 15 is 0 Å². The van der Waals surface area contributed by atoms with E-state index in [4.69, 9.17) is 16.3 Å². The van der Waals surface area contributed by atoms with Gasteiger partial charge < -0.3 is 15.0 Å². The van der Waals surface area contributed by atoms with Crippen molar-refractivity contribution in [3.63, 3.8) is 0 Å². The van der Waals surface area contributed by atoms with Crippen molar-refractivity contribution in [1.29, 1.82) is 0 Å². The van der Waals surface area contributed by atoms with Crippen molar-refractivity contribution < 1.29 is 23.9 Å². The number of nitrogens with one attached hydrogen (secondary N) is 2. The summed E-state index contributed by atoms with van der Waals surface area (Å²) >= 11 is 5.88. The van der Waals surface area contributed by atoms with Gasteiger partial charge in [-0.25, -0.2) is 4.79 Å². The number of hydrazine groups is 1. The summed E-state index contributed by atoms with van der Waals surface area (Å²) in [5, 5.41) is 3.94. The maximum Gasteiger partial charge on any atom is 0.344 e. The first kappa shape index (κ1) is 23.6. The molecule has 2 aliphatic heterocycles. The number of nitrogens with zero attached hydrogens (tertiary/aromatic N) is 2. The molecule has 2 N–H and O–H groups in total. The number of urea groups is 1. The summed E-state index contributed by atoms with van der Waals surface area (Å²) in [6, 6.07) is 12.8. The molecule has 2 saturated heterocycles. The number of hydrogen-bond acceptors (Lipinski definition) is 5. The van der Waals surface area contributed by atoms with Gasteiger partial charge in [0.05, 0.1) is 7.11 Å². The molecule has 2 aliphatic rings. The van der Waals surface area contributed by atoms with Crippen LogP contribution in [-0.2, 0) is 15.1 Å². The Morgan fingerprint density at radius 1 is 1.12 bits per heavy atom. The summed E-state index contributed by atoms with van der Waals surface area (Å²) in [7, 11) is 1.51. The number of carbonyl (C=O) groups is 4. The van der Waals surface area contributed by atoms with Gasteiger partial charge in [0.1, 0.15) is 11.3 Å². The molecule has 0 bridgehead atoms. The number of likely N-dealkylation sites (tertiary alicyclic amines) is 1. The Hall–Kier alpha value is -3.59. The van der Waals surface area contributed by atoms with E-state index in [-0.39, 0.29) is 5.91 Å². The maximum absolute atomic E-state index is 13.1. The monoisotopic (exact) mass is 484 g/mol. The molecule has 4 rings (SSSR count). The fourth-order valence-corrected chi connectivity index (χ4v) is 4.32. The molecule has 178 valence electrons. The number of imide groups is 1. The van der Waals surface area contributed by atoms with Crippen molar-refractivity contribution in [3.05, 3.63) is 64.7 Å². The topological polar surface area (TPSA) is 108 Å². The summed E-state index contributed by atoms with van der Waals surface area (Å²) in [4.78, 5) is 52.9. The van der Waals surface area contributed by atoms with Gasteiger partial charge >= 0.3 is 6.03 Å². The fourth-order valence-electron chi connectivity index (χ4n) is 4.19. The Morgan fingerprint density at radius 3 is 2.44 bits per heavy atom. The van der Waals surface area contributed by atoms with E-state index in [0.29, 0.717) is 47.8 Å². The van der Waals surface area contributed by atoms with Crippen LogP contribution in [0.25, 0.3) is 0 Å². The SMILES string of the molecule is COc1cccc([C@@]2(C)NC(=O)N(NC(=O)C3CCN(C(=O)c4ccc(Cl)cc4)CC3)C2=O)c1. The van der Waals surface area contributed by atoms with Crippen LogP contribution in [0.4, 0.5) is 4.79 Å². The second-order valence-corrected chi connectivity index (χ2v) is 8.91. The summed E-state index contributed by atoms with van der Waals surface area (Å²) in [6.45, 7) is 2.36. The van der Waals surface area contributed by atoms with Crippen LogP contribution in [0.2, 0.25) is 5.02 Å². The van der Waals surface area contributed by atoms with E-state index in [1.165, 1.54) is 7.11 Å². The van der Waals surface area contributed by atoms with Gasteiger partial charge in [0.2, 0.25) is 5.91 Å². The zero-order valence-corrected chi connectivity index (χ0v) is 19.6. The maximum atomic E-state index is 13.1. The quantitative estimate of drug-likeness (QED) is 0.634. The molecule has 2 fully saturated rings. The van der Waals surface area contributed by atoms with Crippen LogP contribution in [-0.4, -0.2) is 53.9 Å². The highest BCUT2D eigenvalue weighted by Gasteiger charge is 2.50. The second kappa shape index (κ2) is 9.34. The van der Waals surface area contributed by atoms with Crippen LogP contribution in [0.1, 0.15) is 35.7 Å². The third-order valence-electron chi connectivity index (χ3n) is 6.30. The number of piperidine rings is 1. The lowest BCUT2D eigenvalue weighted by atomic mass is 9.92. The standard InChI is InChI=1S/C24H25ClN4O5/c1-24(17-4-3-5-19(14-17)34-2)22(32)29(23(33)26-24)27-20(30)15-10-12-28(13-11-15)21(31)16-6-8-18(25)9-7-16/h3-9,14-15H,10-13H2,1-2H3,(H,26,33)(H,27,30)/t24-/m1/s1. The zero-order valence-electron chi connectivity index (χ0n) is 18.8. The van der Waals surface area contributed by atoms with E-state index in [0.717, 1.165) is 5.01 Å². The number of ether oxygens (including phenoxy) is 1. The molecule has 0 aromatic heterocycles. The number of halogens is 1. The normalized spacial score (nSPS) is 20.8. The molecule has 2 heterocycles. The number of carbonyl (C=O) groups excluding carboxylic acids is 4. The zero-order chi connectivity index (χ0) is 24.5. The lowest BCUT2D eigenvalue weighted by molar-refractivity contribution is -0.141. The van der Waals surface area contributed by atoms with Crippen molar-refractivity contribution in [2.75, 3.05) is 20.2 Å². The molecule has 1 atom stereocenters. The number of benzene rings is 2. The minimum absolute atomic E-state index is 0.126. The highest BCUT2D eigenvalue weighted by atomic mass is 35.5. The van der Waals surface area contributed by atoms with Gasteiger partial charge in [0.25, 0.3) is 11.8 Å². The summed E-state index contributed by atoms with van der Waals surface area (Å²) in [5.41, 5.74) is 2.20. The second-order valence-electron chi connectivity index (χ2n) is 8.48. The van der Waals surface area contributed by atoms with Gasteiger partial charge in [-0.15, -0.1) is 0 Å². The van der Waals surface area contributed by atoms with Crippen LogP contribution in [0.5, 0.6) is 5.75 Å². The molecule has 2 aromatic carbocycles. The molecular weight excluding hydrogens is 460 g/mol. The Morgan fingerprint density at radius 2 is 1.79 bits per heavy atom. The van der Waals surface area contributed by atoms with E-state index in [1.54, 1.807) is 60.4 Å². The largest absolute Gasteiger partial charge is 0.497 e. The summed E-state index contributed by atoms with van der Waals surface area (Å²) in [5.74, 6) is -1.04. The minimum atomic E-state index is -1.34. The van der Waals surface area contributed by atoms with Crippen LogP contribution >= 0.6 is 11.6 Å². The molecule has 10 heteroatoms. The van der Waals surface area contributed by atoms with Crippen molar-refractivity contribution in [1.82, 2.24) is 20.7 Å². The Kier molecular flexibility index (Phi) is 6.47. The van der Waals surface area contributed by atoms with Gasteiger partial charge in [0.15, 0.2) is 0 Å². The molecule has 34 heavy (non-hydrogen) atoms. The smallest absolute Gasteiger partial charge is 0.344 e. The Balaban J connectivity index is 1.37. The molecule has 0 aliphatic carbocycles. The number of rotatable bonds is 5. The third kappa shape index (κ3) is 4.43. The molecule has 2 aromatic rings. The van der Waals surface area contributed by atoms with Crippen molar-refractivity contribution in [3.8, 4) is 5.75 Å². The van der Waals surface area contributed by atoms with E-state index in [2.05, 4.69) is 10.7 Å². The third-order valence-corrected chi connectivity index (χ3v) is 6.56. The Labute approximate surface area is 202 Å². The number of hydrogen-bond donors (Lipinski definition) is 2. The first-order chi connectivity index (χ1) is 16.2. The van der Waals surface area contributed by atoms with E-state index in [1.807, 2.05) is 0 Å². The van der Waals surface area contributed by atoms with E-state index < -0.39 is 29.3 Å². The average Bonchev–Trinajstić information content (AvgIpc) is 3.08. The molecule has 9 nitrogen and oxygen atoms in total. The van der Waals surface area contributed by atoms with Crippen LogP contribution in [0, 0.1) is 5.92 Å². The molecule has 0 spiro atoms. The van der Waals surface area contributed by atoms with Gasteiger partial charge in [-0.3, -0.25) is 19.8 Å². The highest BCUT2D eigenvalue weighted by Crippen LogP contribution is 2.30. The first-order valence-corrected chi connectivity index (χ1v) is 11.3. The minimum Gasteiger partial charge on any atom is -0.497 e. The fraction of sp³-hybridized carbons (Fsp3) is 0.333. The summed E-state index contributed by atoms with van der Waals surface area (Å²) in [6.07, 6.45) is 0.837. The molecule has 0 radical (unpaired) electrons. The number of amides is 5. The van der Waals surface area contributed by atoms with Crippen molar-refractivity contribution >= 4 is 35.4 Å². The van der Waals surface area contributed by atoms with Crippen LogP contribution < -0.4 is 15.5 Å². The summed E-state index contributed by atoms with van der Waals surface area (Å²) < 4.78 is 5.21. The predicted octanol–water partition coefficient (Wildman–Crippen LogP) is 2.70. The van der Waals surface area contributed by atoms with E-state index in [9.17, 15) is 19.2 Å². The molecular formula is C24H25ClN4O5. The first-order valence-electron chi connectivity index (χ1n) is 10.9. The lowest BCUT2D eigenvalue weighted by Crippen LogP contribution is -2.51. The van der Waals surface area contributed by atoms with Crippen LogP contribution in [0.15, 0.2) is 48.5 Å². The Bertz CT molecular complexity index is 1130. The van der Waals surface area contributed by atoms with Gasteiger partial charge in [-0.05, 0) is 61.7 Å². The highest BCUT2D eigenvalue weighted by molar-refractivity contribution is 6.30. The van der Waals surface area contributed by atoms with Gasteiger partial charge in [0, 0.05) is 29.6 Å². The number of methoxy groups -OCH3 is 1. The van der Waals surface area contributed by atoms with Gasteiger partial charge in [-0.1, -0.05) is 23.7 Å².